The maximum Gasteiger partial charge on any atom is 0.322 e. The van der Waals surface area contributed by atoms with E-state index in [1.165, 1.54) is 16.8 Å². The number of halogens is 2. The van der Waals surface area contributed by atoms with Gasteiger partial charge in [-0.1, -0.05) is 0 Å². The number of alkyl halides is 2. The number of anilines is 2. The molecule has 0 spiro atoms. The molecular weight excluding hydrogens is 384 g/mol. The van der Waals surface area contributed by atoms with Crippen molar-refractivity contribution in [2.24, 2.45) is 5.73 Å². The highest BCUT2D eigenvalue weighted by atomic mass is 19.3. The van der Waals surface area contributed by atoms with E-state index in [1.54, 1.807) is 24.4 Å². The number of H-pyrrole nitrogens is 1. The number of aromatic nitrogens is 1. The van der Waals surface area contributed by atoms with Crippen LogP contribution in [0.25, 0.3) is 0 Å². The van der Waals surface area contributed by atoms with Crippen molar-refractivity contribution in [3.05, 3.63) is 35.8 Å². The molecule has 4 rings (SSSR count). The van der Waals surface area contributed by atoms with E-state index < -0.39 is 24.5 Å². The summed E-state index contributed by atoms with van der Waals surface area (Å²) in [5, 5.41) is 2.52. The number of nitrogens with zero attached hydrogens (tertiary/aromatic N) is 4. The van der Waals surface area contributed by atoms with Crippen LogP contribution in [0.1, 0.15) is 16.9 Å². The van der Waals surface area contributed by atoms with Gasteiger partial charge in [-0.25, -0.2) is 13.6 Å². The minimum atomic E-state index is -2.84. The second-order valence-electron chi connectivity index (χ2n) is 7.38. The number of carbonyl (C=O) groups is 2. The molecule has 1 atom stereocenters. The third kappa shape index (κ3) is 3.31. The van der Waals surface area contributed by atoms with Crippen LogP contribution in [0.5, 0.6) is 0 Å². The number of allylic oxidation sites excluding steroid dienone is 1. The van der Waals surface area contributed by atoms with E-state index in [-0.39, 0.29) is 24.7 Å². The Hall–Kier alpha value is -3.08. The Morgan fingerprint density at radius 2 is 2.14 bits per heavy atom. The number of carbonyl (C=O) groups excluding carboxylic acids is 2. The molecule has 1 aromatic heterocycles. The number of amides is 3. The van der Waals surface area contributed by atoms with Gasteiger partial charge in [0.15, 0.2) is 0 Å². The first kappa shape index (κ1) is 19.2. The van der Waals surface area contributed by atoms with E-state index in [0.29, 0.717) is 12.5 Å². The van der Waals surface area contributed by atoms with E-state index in [4.69, 9.17) is 5.73 Å². The number of rotatable bonds is 2. The van der Waals surface area contributed by atoms with Gasteiger partial charge in [0.2, 0.25) is 0 Å². The van der Waals surface area contributed by atoms with Crippen LogP contribution in [-0.4, -0.2) is 72.7 Å². The Labute approximate surface area is 166 Å². The quantitative estimate of drug-likeness (QED) is 0.680. The van der Waals surface area contributed by atoms with Gasteiger partial charge in [-0.15, -0.1) is 0 Å². The molecule has 0 saturated carbocycles. The molecule has 29 heavy (non-hydrogen) atoms. The lowest BCUT2D eigenvalue weighted by atomic mass is 10.2. The molecule has 3 aliphatic heterocycles. The van der Waals surface area contributed by atoms with Crippen LogP contribution in [0.4, 0.5) is 25.1 Å². The third-order valence-corrected chi connectivity index (χ3v) is 5.33. The van der Waals surface area contributed by atoms with Crippen molar-refractivity contribution in [3.63, 3.8) is 0 Å². The van der Waals surface area contributed by atoms with Gasteiger partial charge in [0.25, 0.3) is 11.8 Å². The second-order valence-corrected chi connectivity index (χ2v) is 7.38. The second kappa shape index (κ2) is 6.76. The molecule has 4 heterocycles. The number of nitrogens with two attached hydrogens (primary N) is 1. The lowest BCUT2D eigenvalue weighted by Gasteiger charge is -2.30. The molecule has 1 saturated heterocycles. The zero-order valence-electron chi connectivity index (χ0n) is 16.2. The largest absolute Gasteiger partial charge is 0.354 e. The number of hydrogen-bond acceptors (Lipinski definition) is 5. The van der Waals surface area contributed by atoms with Crippen LogP contribution in [0.2, 0.25) is 0 Å². The first-order valence-corrected chi connectivity index (χ1v) is 9.24. The van der Waals surface area contributed by atoms with Gasteiger partial charge in [-0.2, -0.15) is 0 Å². The molecule has 156 valence electrons. The van der Waals surface area contributed by atoms with Crippen LogP contribution < -0.4 is 20.9 Å². The molecule has 0 aliphatic carbocycles. The van der Waals surface area contributed by atoms with E-state index >= 15 is 0 Å². The molecule has 0 radical (unpaired) electrons. The molecule has 11 heteroatoms. The lowest BCUT2D eigenvalue weighted by Crippen LogP contribution is -2.47. The highest BCUT2D eigenvalue weighted by Gasteiger charge is 2.41. The first-order chi connectivity index (χ1) is 13.7. The highest BCUT2D eigenvalue weighted by Crippen LogP contribution is 2.39. The number of nitrogens with one attached hydrogen (secondary N) is 2. The number of likely N-dealkylation sites (tertiary alicyclic amines) is 1. The molecule has 9 nitrogen and oxygen atoms in total. The molecule has 1 unspecified atom stereocenters. The Balaban J connectivity index is 1.56. The van der Waals surface area contributed by atoms with Crippen molar-refractivity contribution in [1.82, 2.24) is 20.1 Å². The number of hydrogen-bond donors (Lipinski definition) is 3. The van der Waals surface area contributed by atoms with Crippen molar-refractivity contribution >= 4 is 23.4 Å². The molecule has 0 bridgehead atoms. The molecule has 1 aromatic rings. The summed E-state index contributed by atoms with van der Waals surface area (Å²) in [5.74, 6) is -2.60. The molecular formula is C18H23F2N7O2. The predicted octanol–water partition coefficient (Wildman–Crippen LogP) is 1.05. The standard InChI is InChI=1S/C18H23F2N7O2/c1-22-17(29)26-5-3-11(7-14(26)21)27-10-24(2)13-8-12(23-15(13)27)16(28)25-6-4-18(19,20)9-25/h3,5,7-8,14,23H,4,6,9-10,21H2,1-2H3,(H,22,29). The lowest BCUT2D eigenvalue weighted by molar-refractivity contribution is 0.0119. The fraction of sp³-hybridized carbons (Fsp3) is 0.444. The molecule has 1 fully saturated rings. The SMILES string of the molecule is CNC(=O)N1C=CC(N2CN(C)c3cc(C(=O)N4CCC(F)(F)C4)[nH]c32)=CC1N. The smallest absolute Gasteiger partial charge is 0.322 e. The van der Waals surface area contributed by atoms with Crippen LogP contribution in [0.15, 0.2) is 30.1 Å². The molecule has 0 aromatic carbocycles. The summed E-state index contributed by atoms with van der Waals surface area (Å²) < 4.78 is 26.9. The summed E-state index contributed by atoms with van der Waals surface area (Å²) in [6, 6.07) is 1.36. The summed E-state index contributed by atoms with van der Waals surface area (Å²) >= 11 is 0. The maximum absolute atomic E-state index is 13.5. The Morgan fingerprint density at radius 3 is 2.76 bits per heavy atom. The van der Waals surface area contributed by atoms with Crippen LogP contribution in [0.3, 0.4) is 0 Å². The number of urea groups is 1. The van der Waals surface area contributed by atoms with Gasteiger partial charge in [0.1, 0.15) is 17.7 Å². The van der Waals surface area contributed by atoms with Crippen LogP contribution in [-0.2, 0) is 0 Å². The fourth-order valence-corrected chi connectivity index (χ4v) is 3.77. The summed E-state index contributed by atoms with van der Waals surface area (Å²) in [5.41, 5.74) is 7.90. The summed E-state index contributed by atoms with van der Waals surface area (Å²) in [6.45, 7) is -0.0133. The first-order valence-electron chi connectivity index (χ1n) is 9.24. The zero-order valence-corrected chi connectivity index (χ0v) is 16.2. The minimum absolute atomic E-state index is 0.0349. The number of aromatic amines is 1. The van der Waals surface area contributed by atoms with E-state index in [9.17, 15) is 18.4 Å². The average Bonchev–Trinajstić information content (AvgIpc) is 3.35. The average molecular weight is 407 g/mol. The summed E-state index contributed by atoms with van der Waals surface area (Å²) in [4.78, 5) is 34.0. The van der Waals surface area contributed by atoms with Gasteiger partial charge in [0, 0.05) is 39.0 Å². The normalized spacial score (nSPS) is 22.8. The van der Waals surface area contributed by atoms with Crippen molar-refractivity contribution in [3.8, 4) is 0 Å². The Kier molecular flexibility index (Phi) is 4.49. The molecule has 4 N–H and O–H groups in total. The van der Waals surface area contributed by atoms with E-state index in [0.717, 1.165) is 11.4 Å². The van der Waals surface area contributed by atoms with Crippen LogP contribution >= 0.6 is 0 Å². The van der Waals surface area contributed by atoms with Gasteiger partial charge >= 0.3 is 6.03 Å². The number of fused-ring (bicyclic) bond motifs is 1. The van der Waals surface area contributed by atoms with Crippen molar-refractivity contribution < 1.29 is 18.4 Å². The topological polar surface area (TPSA) is 101 Å². The minimum Gasteiger partial charge on any atom is -0.354 e. The third-order valence-electron chi connectivity index (χ3n) is 5.33. The molecule has 3 amide bonds. The summed E-state index contributed by atoms with van der Waals surface area (Å²) in [6.07, 6.45) is 4.12. The monoisotopic (exact) mass is 407 g/mol. The zero-order chi connectivity index (χ0) is 20.9. The van der Waals surface area contributed by atoms with Crippen molar-refractivity contribution in [1.29, 1.82) is 0 Å². The van der Waals surface area contributed by atoms with Gasteiger partial charge in [-0.3, -0.25) is 9.69 Å². The summed E-state index contributed by atoms with van der Waals surface area (Å²) in [7, 11) is 3.40. The maximum atomic E-state index is 13.5. The van der Waals surface area contributed by atoms with E-state index in [1.807, 2.05) is 16.8 Å². The van der Waals surface area contributed by atoms with Crippen LogP contribution in [0, 0.1) is 0 Å². The van der Waals surface area contributed by atoms with Gasteiger partial charge in [0.05, 0.1) is 18.9 Å². The molecule has 3 aliphatic rings. The Morgan fingerprint density at radius 1 is 1.38 bits per heavy atom. The van der Waals surface area contributed by atoms with Crippen molar-refractivity contribution in [2.45, 2.75) is 18.5 Å². The Bertz CT molecular complexity index is 910. The van der Waals surface area contributed by atoms with E-state index in [2.05, 4.69) is 10.3 Å². The highest BCUT2D eigenvalue weighted by molar-refractivity contribution is 5.96. The fourth-order valence-electron chi connectivity index (χ4n) is 3.77. The van der Waals surface area contributed by atoms with Crippen molar-refractivity contribution in [2.75, 3.05) is 43.7 Å². The van der Waals surface area contributed by atoms with Gasteiger partial charge < -0.3 is 30.7 Å². The predicted molar refractivity (Wildman–Crippen MR) is 104 cm³/mol. The van der Waals surface area contributed by atoms with Gasteiger partial charge in [-0.05, 0) is 18.2 Å².